The number of ether oxygens (including phenoxy) is 1. The summed E-state index contributed by atoms with van der Waals surface area (Å²) in [5.41, 5.74) is 5.62. The lowest BCUT2D eigenvalue weighted by atomic mass is 9.66. The van der Waals surface area contributed by atoms with E-state index in [1.165, 1.54) is 12.8 Å². The molecule has 0 aromatic heterocycles. The summed E-state index contributed by atoms with van der Waals surface area (Å²) in [6.07, 6.45) is 7.50. The van der Waals surface area contributed by atoms with Gasteiger partial charge in [-0.2, -0.15) is 0 Å². The molecule has 0 saturated heterocycles. The van der Waals surface area contributed by atoms with Gasteiger partial charge in [0, 0.05) is 19.8 Å². The van der Waals surface area contributed by atoms with Crippen molar-refractivity contribution in [3.63, 3.8) is 0 Å². The van der Waals surface area contributed by atoms with Crippen molar-refractivity contribution in [1.29, 1.82) is 0 Å². The molecule has 1 amide bonds. The summed E-state index contributed by atoms with van der Waals surface area (Å²) in [5, 5.41) is 3.26. The van der Waals surface area contributed by atoms with E-state index in [9.17, 15) is 4.79 Å². The smallest absolute Gasteiger partial charge is 0.226 e. The molecule has 2 rings (SSSR count). The summed E-state index contributed by atoms with van der Waals surface area (Å²) in [7, 11) is 1.70. The first-order chi connectivity index (χ1) is 8.72. The summed E-state index contributed by atoms with van der Waals surface area (Å²) in [6.45, 7) is 1.37. The Morgan fingerprint density at radius 1 is 1.39 bits per heavy atom. The Hall–Kier alpha value is -0.610. The Labute approximate surface area is 110 Å². The molecule has 2 fully saturated rings. The summed E-state index contributed by atoms with van der Waals surface area (Å²) in [4.78, 5) is 12.5. The average molecular weight is 254 g/mol. The third kappa shape index (κ3) is 2.69. The quantitative estimate of drug-likeness (QED) is 0.754. The first-order valence-corrected chi connectivity index (χ1v) is 7.22. The number of nitrogens with one attached hydrogen (secondary N) is 1. The van der Waals surface area contributed by atoms with Crippen LogP contribution in [-0.2, 0) is 9.53 Å². The Morgan fingerprint density at radius 3 is 2.72 bits per heavy atom. The van der Waals surface area contributed by atoms with Gasteiger partial charge in [-0.05, 0) is 44.6 Å². The lowest BCUT2D eigenvalue weighted by molar-refractivity contribution is -0.138. The molecule has 0 aromatic rings. The van der Waals surface area contributed by atoms with E-state index in [-0.39, 0.29) is 11.3 Å². The van der Waals surface area contributed by atoms with Gasteiger partial charge in [0.1, 0.15) is 0 Å². The Bertz CT molecular complexity index is 290. The maximum Gasteiger partial charge on any atom is 0.226 e. The molecule has 18 heavy (non-hydrogen) atoms. The largest absolute Gasteiger partial charge is 0.385 e. The van der Waals surface area contributed by atoms with Gasteiger partial charge in [0.2, 0.25) is 5.91 Å². The number of nitrogens with two attached hydrogens (primary N) is 1. The van der Waals surface area contributed by atoms with Gasteiger partial charge in [-0.1, -0.05) is 12.8 Å². The van der Waals surface area contributed by atoms with Crippen LogP contribution in [0.5, 0.6) is 0 Å². The molecule has 0 aliphatic heterocycles. The summed E-state index contributed by atoms with van der Waals surface area (Å²) in [6, 6.07) is 0.308. The van der Waals surface area contributed by atoms with Crippen LogP contribution in [-0.4, -0.2) is 32.2 Å². The van der Waals surface area contributed by atoms with Crippen LogP contribution < -0.4 is 11.1 Å². The van der Waals surface area contributed by atoms with E-state index in [1.54, 1.807) is 7.11 Å². The standard InChI is InChI=1S/C14H26N2O2/c1-18-9-8-14(6-3-7-14)13(17)16-12-5-2-4-11(12)10-15/h11-12H,2-10,15H2,1H3,(H,16,17). The Morgan fingerprint density at radius 2 is 2.17 bits per heavy atom. The number of hydrogen-bond acceptors (Lipinski definition) is 3. The maximum absolute atomic E-state index is 12.5. The second-order valence-electron chi connectivity index (χ2n) is 5.88. The number of hydrogen-bond donors (Lipinski definition) is 2. The maximum atomic E-state index is 12.5. The van der Waals surface area contributed by atoms with E-state index in [0.29, 0.717) is 25.1 Å². The first kappa shape index (κ1) is 13.8. The molecule has 2 atom stereocenters. The minimum Gasteiger partial charge on any atom is -0.385 e. The predicted molar refractivity (Wildman–Crippen MR) is 71.1 cm³/mol. The fourth-order valence-corrected chi connectivity index (χ4v) is 3.32. The summed E-state index contributed by atoms with van der Waals surface area (Å²) in [5.74, 6) is 0.727. The molecule has 2 aliphatic carbocycles. The molecule has 2 aliphatic rings. The fraction of sp³-hybridized carbons (Fsp3) is 0.929. The summed E-state index contributed by atoms with van der Waals surface area (Å²) >= 11 is 0. The lowest BCUT2D eigenvalue weighted by Crippen LogP contribution is -2.51. The Kier molecular flexibility index (Phi) is 4.62. The van der Waals surface area contributed by atoms with Gasteiger partial charge in [0.25, 0.3) is 0 Å². The second-order valence-corrected chi connectivity index (χ2v) is 5.88. The third-order valence-corrected chi connectivity index (χ3v) is 4.86. The highest BCUT2D eigenvalue weighted by atomic mass is 16.5. The molecule has 0 aromatic carbocycles. The monoisotopic (exact) mass is 254 g/mol. The highest BCUT2D eigenvalue weighted by Crippen LogP contribution is 2.44. The zero-order valence-corrected chi connectivity index (χ0v) is 11.4. The molecule has 2 unspecified atom stereocenters. The number of methoxy groups -OCH3 is 1. The van der Waals surface area contributed by atoms with E-state index >= 15 is 0 Å². The van der Waals surface area contributed by atoms with Gasteiger partial charge in [-0.3, -0.25) is 4.79 Å². The van der Waals surface area contributed by atoms with Crippen molar-refractivity contribution in [3.05, 3.63) is 0 Å². The van der Waals surface area contributed by atoms with Crippen LogP contribution in [0.1, 0.15) is 44.9 Å². The van der Waals surface area contributed by atoms with Gasteiger partial charge in [0.15, 0.2) is 0 Å². The zero-order chi connectivity index (χ0) is 13.0. The van der Waals surface area contributed by atoms with E-state index in [2.05, 4.69) is 5.32 Å². The van der Waals surface area contributed by atoms with Crippen LogP contribution in [0.2, 0.25) is 0 Å². The molecule has 4 nitrogen and oxygen atoms in total. The molecule has 0 radical (unpaired) electrons. The molecule has 0 heterocycles. The highest BCUT2D eigenvalue weighted by Gasteiger charge is 2.44. The van der Waals surface area contributed by atoms with Crippen LogP contribution in [0.15, 0.2) is 0 Å². The van der Waals surface area contributed by atoms with Crippen LogP contribution in [0.3, 0.4) is 0 Å². The predicted octanol–water partition coefficient (Wildman–Crippen LogP) is 1.44. The third-order valence-electron chi connectivity index (χ3n) is 4.86. The van der Waals surface area contributed by atoms with Crippen LogP contribution in [0, 0.1) is 11.3 Å². The van der Waals surface area contributed by atoms with Crippen LogP contribution >= 0.6 is 0 Å². The fourth-order valence-electron chi connectivity index (χ4n) is 3.32. The van der Waals surface area contributed by atoms with Crippen molar-refractivity contribution >= 4 is 5.91 Å². The first-order valence-electron chi connectivity index (χ1n) is 7.22. The molecular weight excluding hydrogens is 228 g/mol. The van der Waals surface area contributed by atoms with Crippen LogP contribution in [0.4, 0.5) is 0 Å². The molecule has 2 saturated carbocycles. The van der Waals surface area contributed by atoms with Gasteiger partial charge in [0.05, 0.1) is 5.41 Å². The molecule has 0 bridgehead atoms. The van der Waals surface area contributed by atoms with Crippen molar-refractivity contribution < 1.29 is 9.53 Å². The molecule has 104 valence electrons. The second kappa shape index (κ2) is 6.02. The molecule has 0 spiro atoms. The van der Waals surface area contributed by atoms with Gasteiger partial charge < -0.3 is 15.8 Å². The van der Waals surface area contributed by atoms with Crippen molar-refractivity contribution in [2.24, 2.45) is 17.1 Å². The van der Waals surface area contributed by atoms with E-state index < -0.39 is 0 Å². The minimum atomic E-state index is -0.141. The average Bonchev–Trinajstić information content (AvgIpc) is 2.75. The molecule has 3 N–H and O–H groups in total. The van der Waals surface area contributed by atoms with Crippen molar-refractivity contribution in [2.75, 3.05) is 20.3 Å². The zero-order valence-electron chi connectivity index (χ0n) is 11.4. The number of carbonyl (C=O) groups is 1. The van der Waals surface area contributed by atoms with Gasteiger partial charge in [-0.25, -0.2) is 0 Å². The van der Waals surface area contributed by atoms with E-state index in [0.717, 1.165) is 32.1 Å². The number of rotatable bonds is 6. The SMILES string of the molecule is COCCC1(C(=O)NC2CCCC2CN)CCC1. The number of amides is 1. The minimum absolute atomic E-state index is 0.141. The topological polar surface area (TPSA) is 64.3 Å². The normalized spacial score (nSPS) is 29.9. The Balaban J connectivity index is 1.89. The van der Waals surface area contributed by atoms with Crippen molar-refractivity contribution in [2.45, 2.75) is 51.0 Å². The molecular formula is C14H26N2O2. The molecule has 4 heteroatoms. The van der Waals surface area contributed by atoms with Crippen molar-refractivity contribution in [1.82, 2.24) is 5.32 Å². The van der Waals surface area contributed by atoms with E-state index in [4.69, 9.17) is 10.5 Å². The van der Waals surface area contributed by atoms with Crippen molar-refractivity contribution in [3.8, 4) is 0 Å². The van der Waals surface area contributed by atoms with Gasteiger partial charge >= 0.3 is 0 Å². The highest BCUT2D eigenvalue weighted by molar-refractivity contribution is 5.83. The van der Waals surface area contributed by atoms with Crippen LogP contribution in [0.25, 0.3) is 0 Å². The number of carbonyl (C=O) groups excluding carboxylic acids is 1. The summed E-state index contributed by atoms with van der Waals surface area (Å²) < 4.78 is 5.14. The van der Waals surface area contributed by atoms with E-state index in [1.807, 2.05) is 0 Å². The lowest BCUT2D eigenvalue weighted by Gasteiger charge is -2.41. The van der Waals surface area contributed by atoms with Gasteiger partial charge in [-0.15, -0.1) is 0 Å².